The minimum Gasteiger partial charge on any atom is -0.354 e. The van der Waals surface area contributed by atoms with E-state index in [0.717, 1.165) is 30.5 Å². The third-order valence-corrected chi connectivity index (χ3v) is 4.82. The molecule has 2 aliphatic rings. The first-order chi connectivity index (χ1) is 10.1. The van der Waals surface area contributed by atoms with Crippen molar-refractivity contribution in [2.75, 3.05) is 31.1 Å². The molecule has 0 radical (unpaired) electrons. The predicted molar refractivity (Wildman–Crippen MR) is 86.5 cm³/mol. The van der Waals surface area contributed by atoms with Crippen LogP contribution in [0.2, 0.25) is 0 Å². The molecule has 1 aromatic rings. The fourth-order valence-corrected chi connectivity index (χ4v) is 3.32. The molecule has 1 atom stereocenters. The van der Waals surface area contributed by atoms with Gasteiger partial charge < -0.3 is 4.90 Å². The summed E-state index contributed by atoms with van der Waals surface area (Å²) < 4.78 is 0. The van der Waals surface area contributed by atoms with Gasteiger partial charge in [-0.25, -0.2) is 0 Å². The van der Waals surface area contributed by atoms with Gasteiger partial charge in [0.25, 0.3) is 0 Å². The van der Waals surface area contributed by atoms with Crippen LogP contribution in [0.4, 0.5) is 5.82 Å². The highest BCUT2D eigenvalue weighted by atomic mass is 15.3. The number of nitrogens with zero attached hydrogens (tertiary/aromatic N) is 4. The Morgan fingerprint density at radius 1 is 1.19 bits per heavy atom. The van der Waals surface area contributed by atoms with Crippen molar-refractivity contribution in [3.05, 3.63) is 17.8 Å². The van der Waals surface area contributed by atoms with Crippen LogP contribution in [0.5, 0.6) is 0 Å². The van der Waals surface area contributed by atoms with E-state index in [4.69, 9.17) is 0 Å². The zero-order valence-corrected chi connectivity index (χ0v) is 13.6. The first-order valence-corrected chi connectivity index (χ1v) is 8.43. The standard InChI is InChI=1S/C17H28N4/c1-13(2)16-12-21(17-8-5-14(3)18-19-17)10-4-9-20(16)11-15-6-7-15/h5,8,13,15-16H,4,6-7,9-12H2,1-3H3/t16-/m0/s1. The third-order valence-electron chi connectivity index (χ3n) is 4.82. The highest BCUT2D eigenvalue weighted by molar-refractivity contribution is 5.37. The maximum absolute atomic E-state index is 4.39. The van der Waals surface area contributed by atoms with Crippen molar-refractivity contribution in [3.63, 3.8) is 0 Å². The van der Waals surface area contributed by atoms with Crippen molar-refractivity contribution in [1.82, 2.24) is 15.1 Å². The molecule has 4 heteroatoms. The van der Waals surface area contributed by atoms with E-state index < -0.39 is 0 Å². The molecule has 116 valence electrons. The SMILES string of the molecule is Cc1ccc(N2CCCN(CC3CC3)[C@H](C(C)C)C2)nn1. The molecule has 2 heterocycles. The van der Waals surface area contributed by atoms with Crippen LogP contribution in [0.25, 0.3) is 0 Å². The van der Waals surface area contributed by atoms with Gasteiger partial charge >= 0.3 is 0 Å². The van der Waals surface area contributed by atoms with Gasteiger partial charge in [-0.15, -0.1) is 5.10 Å². The zero-order chi connectivity index (χ0) is 14.8. The zero-order valence-electron chi connectivity index (χ0n) is 13.6. The maximum Gasteiger partial charge on any atom is 0.151 e. The van der Waals surface area contributed by atoms with Crippen LogP contribution >= 0.6 is 0 Å². The van der Waals surface area contributed by atoms with Crippen molar-refractivity contribution in [2.24, 2.45) is 11.8 Å². The molecular weight excluding hydrogens is 260 g/mol. The van der Waals surface area contributed by atoms with E-state index in [1.807, 2.05) is 6.92 Å². The van der Waals surface area contributed by atoms with E-state index >= 15 is 0 Å². The minimum atomic E-state index is 0.635. The highest BCUT2D eigenvalue weighted by Crippen LogP contribution is 2.32. The van der Waals surface area contributed by atoms with Crippen LogP contribution < -0.4 is 4.90 Å². The summed E-state index contributed by atoms with van der Waals surface area (Å²) in [7, 11) is 0. The molecule has 2 fully saturated rings. The van der Waals surface area contributed by atoms with E-state index in [2.05, 4.69) is 46.0 Å². The highest BCUT2D eigenvalue weighted by Gasteiger charge is 2.32. The second-order valence-corrected chi connectivity index (χ2v) is 7.08. The number of rotatable bonds is 4. The minimum absolute atomic E-state index is 0.635. The Morgan fingerprint density at radius 2 is 2.00 bits per heavy atom. The van der Waals surface area contributed by atoms with Gasteiger partial charge in [-0.05, 0) is 50.2 Å². The van der Waals surface area contributed by atoms with Gasteiger partial charge in [0.15, 0.2) is 5.82 Å². The largest absolute Gasteiger partial charge is 0.354 e. The van der Waals surface area contributed by atoms with Gasteiger partial charge in [0, 0.05) is 32.2 Å². The normalized spacial score (nSPS) is 24.4. The molecule has 1 saturated heterocycles. The number of hydrogen-bond acceptors (Lipinski definition) is 4. The Kier molecular flexibility index (Phi) is 4.43. The smallest absolute Gasteiger partial charge is 0.151 e. The number of hydrogen-bond donors (Lipinski definition) is 0. The summed E-state index contributed by atoms with van der Waals surface area (Å²) in [4.78, 5) is 5.17. The number of aryl methyl sites for hydroxylation is 1. The van der Waals surface area contributed by atoms with Crippen LogP contribution in [-0.2, 0) is 0 Å². The lowest BCUT2D eigenvalue weighted by atomic mass is 10.0. The third kappa shape index (κ3) is 3.73. The summed E-state index contributed by atoms with van der Waals surface area (Å²) in [6.07, 6.45) is 4.11. The predicted octanol–water partition coefficient (Wildman–Crippen LogP) is 2.73. The first-order valence-electron chi connectivity index (χ1n) is 8.43. The Balaban J connectivity index is 1.73. The lowest BCUT2D eigenvalue weighted by Gasteiger charge is -2.34. The summed E-state index contributed by atoms with van der Waals surface area (Å²) in [6.45, 7) is 11.4. The monoisotopic (exact) mass is 288 g/mol. The molecule has 21 heavy (non-hydrogen) atoms. The first kappa shape index (κ1) is 14.8. The van der Waals surface area contributed by atoms with Gasteiger partial charge in [-0.3, -0.25) is 4.90 Å². The van der Waals surface area contributed by atoms with Crippen molar-refractivity contribution in [3.8, 4) is 0 Å². The molecule has 1 saturated carbocycles. The molecule has 1 aliphatic carbocycles. The van der Waals surface area contributed by atoms with Crippen LogP contribution in [0, 0.1) is 18.8 Å². The van der Waals surface area contributed by atoms with Gasteiger partial charge in [-0.2, -0.15) is 5.10 Å². The fourth-order valence-electron chi connectivity index (χ4n) is 3.32. The molecule has 0 N–H and O–H groups in total. The molecule has 0 amide bonds. The van der Waals surface area contributed by atoms with E-state index in [1.165, 1.54) is 32.4 Å². The molecule has 0 aromatic carbocycles. The lowest BCUT2D eigenvalue weighted by Crippen LogP contribution is -2.45. The van der Waals surface area contributed by atoms with Gasteiger partial charge in [-0.1, -0.05) is 13.8 Å². The van der Waals surface area contributed by atoms with Crippen LogP contribution in [-0.4, -0.2) is 47.3 Å². The molecule has 1 aliphatic heterocycles. The molecule has 0 bridgehead atoms. The quantitative estimate of drug-likeness (QED) is 0.853. The molecule has 3 rings (SSSR count). The Hall–Kier alpha value is -1.16. The van der Waals surface area contributed by atoms with Gasteiger partial charge in [0.1, 0.15) is 0 Å². The fraction of sp³-hybridized carbons (Fsp3) is 0.765. The van der Waals surface area contributed by atoms with E-state index in [-0.39, 0.29) is 0 Å². The number of anilines is 1. The van der Waals surface area contributed by atoms with Crippen molar-refractivity contribution < 1.29 is 0 Å². The van der Waals surface area contributed by atoms with Crippen LogP contribution in [0.3, 0.4) is 0 Å². The number of aromatic nitrogens is 2. The van der Waals surface area contributed by atoms with Gasteiger partial charge in [0.2, 0.25) is 0 Å². The average Bonchev–Trinajstić information content (AvgIpc) is 3.27. The Morgan fingerprint density at radius 3 is 2.62 bits per heavy atom. The summed E-state index contributed by atoms with van der Waals surface area (Å²) in [6, 6.07) is 4.83. The Labute approximate surface area is 128 Å². The van der Waals surface area contributed by atoms with Crippen LogP contribution in [0.1, 0.15) is 38.8 Å². The van der Waals surface area contributed by atoms with E-state index in [0.29, 0.717) is 12.0 Å². The molecular formula is C17H28N4. The molecule has 4 nitrogen and oxygen atoms in total. The van der Waals surface area contributed by atoms with E-state index in [9.17, 15) is 0 Å². The Bertz CT molecular complexity index is 452. The summed E-state index contributed by atoms with van der Waals surface area (Å²) >= 11 is 0. The molecule has 1 aromatic heterocycles. The lowest BCUT2D eigenvalue weighted by molar-refractivity contribution is 0.162. The average molecular weight is 288 g/mol. The van der Waals surface area contributed by atoms with Crippen molar-refractivity contribution in [1.29, 1.82) is 0 Å². The molecule has 0 unspecified atom stereocenters. The van der Waals surface area contributed by atoms with Gasteiger partial charge in [0.05, 0.1) is 5.69 Å². The summed E-state index contributed by atoms with van der Waals surface area (Å²) in [5.74, 6) is 2.69. The summed E-state index contributed by atoms with van der Waals surface area (Å²) in [5, 5.41) is 8.62. The maximum atomic E-state index is 4.39. The second-order valence-electron chi connectivity index (χ2n) is 7.08. The van der Waals surface area contributed by atoms with Crippen molar-refractivity contribution >= 4 is 5.82 Å². The molecule has 0 spiro atoms. The summed E-state index contributed by atoms with van der Waals surface area (Å²) in [5.41, 5.74) is 0.990. The van der Waals surface area contributed by atoms with Crippen LogP contribution in [0.15, 0.2) is 12.1 Å². The van der Waals surface area contributed by atoms with Crippen molar-refractivity contribution in [2.45, 2.75) is 46.1 Å². The second kappa shape index (κ2) is 6.30. The van der Waals surface area contributed by atoms with E-state index in [1.54, 1.807) is 0 Å². The topological polar surface area (TPSA) is 32.3 Å².